The summed E-state index contributed by atoms with van der Waals surface area (Å²) in [5, 5.41) is 1.12. The Kier molecular flexibility index (Phi) is 2.04. The smallest absolute Gasteiger partial charge is 0.125 e. The van der Waals surface area contributed by atoms with Gasteiger partial charge in [0, 0.05) is 17.8 Å². The topological polar surface area (TPSA) is 4.93 Å². The van der Waals surface area contributed by atoms with Gasteiger partial charge in [-0.15, -0.1) is 0 Å². The second kappa shape index (κ2) is 3.07. The van der Waals surface area contributed by atoms with Crippen LogP contribution in [0.25, 0.3) is 10.9 Å². The van der Waals surface area contributed by atoms with Gasteiger partial charge in [0.15, 0.2) is 0 Å². The Labute approximate surface area is 80.7 Å². The highest BCUT2D eigenvalue weighted by Gasteiger charge is 2.04. The Morgan fingerprint density at radius 3 is 2.85 bits per heavy atom. The number of nitrogens with zero attached hydrogens (tertiary/aromatic N) is 1. The lowest BCUT2D eigenvalue weighted by Crippen LogP contribution is -1.84. The number of benzene rings is 1. The lowest BCUT2D eigenvalue weighted by atomic mass is 10.1. The molecule has 0 spiro atoms. The molecule has 0 N–H and O–H groups in total. The minimum absolute atomic E-state index is 0.168. The van der Waals surface area contributed by atoms with Gasteiger partial charge in [0.05, 0.1) is 5.52 Å². The summed E-state index contributed by atoms with van der Waals surface area (Å²) in [5.41, 5.74) is 1.94. The minimum atomic E-state index is -0.168. The van der Waals surface area contributed by atoms with E-state index in [1.54, 1.807) is 24.1 Å². The number of halogens is 1. The summed E-state index contributed by atoms with van der Waals surface area (Å²) >= 11 is 1.57. The predicted octanol–water partition coefficient (Wildman–Crippen LogP) is 3.21. The van der Waals surface area contributed by atoms with Crippen LogP contribution < -0.4 is 0 Å². The van der Waals surface area contributed by atoms with Gasteiger partial charge in [0.25, 0.3) is 0 Å². The number of aromatic nitrogens is 1. The number of rotatable bonds is 1. The molecule has 1 aromatic heterocycles. The molecular weight excluding hydrogens is 185 g/mol. The van der Waals surface area contributed by atoms with Crippen LogP contribution in [0.15, 0.2) is 24.4 Å². The third-order valence-electron chi connectivity index (χ3n) is 2.14. The molecule has 0 saturated heterocycles. The second-order valence-corrected chi connectivity index (χ2v) is 3.74. The second-order valence-electron chi connectivity index (χ2n) is 2.98. The van der Waals surface area contributed by atoms with E-state index in [4.69, 9.17) is 0 Å². The van der Waals surface area contributed by atoms with Gasteiger partial charge < -0.3 is 0 Å². The first-order chi connectivity index (χ1) is 6.22. The van der Waals surface area contributed by atoms with Crippen molar-refractivity contribution in [3.63, 3.8) is 0 Å². The van der Waals surface area contributed by atoms with Crippen LogP contribution in [0.4, 0.5) is 4.39 Å². The van der Waals surface area contributed by atoms with Crippen molar-refractivity contribution in [3.8, 4) is 0 Å². The Morgan fingerprint density at radius 2 is 2.15 bits per heavy atom. The van der Waals surface area contributed by atoms with E-state index >= 15 is 0 Å². The molecule has 13 heavy (non-hydrogen) atoms. The zero-order valence-electron chi connectivity index (χ0n) is 7.54. The summed E-state index contributed by atoms with van der Waals surface area (Å²) in [5.74, 6) is -0.168. The molecule has 1 nitrogen and oxygen atoms in total. The number of hydrogen-bond acceptors (Lipinski definition) is 1. The maximum absolute atomic E-state index is 13.1. The summed E-state index contributed by atoms with van der Waals surface area (Å²) in [6.07, 6.45) is 3.93. The van der Waals surface area contributed by atoms with E-state index in [1.165, 1.54) is 0 Å². The molecule has 0 aliphatic carbocycles. The highest BCUT2D eigenvalue weighted by atomic mass is 32.2. The third kappa shape index (κ3) is 1.33. The fraction of sp³-hybridized carbons (Fsp3) is 0.200. The lowest BCUT2D eigenvalue weighted by Gasteiger charge is -2.01. The fourth-order valence-corrected chi connectivity index (χ4v) is 2.05. The van der Waals surface area contributed by atoms with E-state index in [9.17, 15) is 4.39 Å². The van der Waals surface area contributed by atoms with E-state index in [0.29, 0.717) is 0 Å². The fourth-order valence-electron chi connectivity index (χ4n) is 1.52. The highest BCUT2D eigenvalue weighted by Crippen LogP contribution is 2.23. The van der Waals surface area contributed by atoms with Crippen molar-refractivity contribution in [3.05, 3.63) is 35.8 Å². The molecule has 0 unspecified atom stereocenters. The Bertz CT molecular complexity index is 447. The average molecular weight is 195 g/mol. The molecule has 0 aliphatic rings. The van der Waals surface area contributed by atoms with Gasteiger partial charge in [-0.05, 0) is 42.6 Å². The zero-order valence-corrected chi connectivity index (χ0v) is 8.36. The quantitative estimate of drug-likeness (QED) is 0.676. The van der Waals surface area contributed by atoms with Crippen LogP contribution in [0.2, 0.25) is 0 Å². The standard InChI is InChI=1S/C10H10FNS/c1-7-5-8(11)6-10-9(7)3-4-12(10)13-2/h3-6H,1-2H3. The van der Waals surface area contributed by atoms with E-state index in [0.717, 1.165) is 16.5 Å². The van der Waals surface area contributed by atoms with Gasteiger partial charge in [-0.25, -0.2) is 4.39 Å². The summed E-state index contributed by atoms with van der Waals surface area (Å²) in [4.78, 5) is 0. The summed E-state index contributed by atoms with van der Waals surface area (Å²) in [7, 11) is 0. The van der Waals surface area contributed by atoms with Crippen LogP contribution in [0.1, 0.15) is 5.56 Å². The van der Waals surface area contributed by atoms with E-state index in [-0.39, 0.29) is 5.82 Å². The first kappa shape index (κ1) is 8.63. The summed E-state index contributed by atoms with van der Waals surface area (Å²) in [6.45, 7) is 1.93. The van der Waals surface area contributed by atoms with E-state index < -0.39 is 0 Å². The van der Waals surface area contributed by atoms with Crippen molar-refractivity contribution in [1.29, 1.82) is 0 Å². The largest absolute Gasteiger partial charge is 0.291 e. The third-order valence-corrected chi connectivity index (χ3v) is 2.85. The molecule has 0 bridgehead atoms. The molecule has 0 atom stereocenters. The molecule has 1 heterocycles. The molecule has 2 aromatic rings. The van der Waals surface area contributed by atoms with Gasteiger partial charge in [-0.3, -0.25) is 3.97 Å². The molecule has 0 radical (unpaired) electrons. The van der Waals surface area contributed by atoms with Crippen LogP contribution in [-0.2, 0) is 0 Å². The molecule has 0 amide bonds. The zero-order chi connectivity index (χ0) is 9.42. The highest BCUT2D eigenvalue weighted by molar-refractivity contribution is 7.97. The Morgan fingerprint density at radius 1 is 1.38 bits per heavy atom. The number of hydrogen-bond donors (Lipinski definition) is 0. The minimum Gasteiger partial charge on any atom is -0.291 e. The summed E-state index contributed by atoms with van der Waals surface area (Å²) < 4.78 is 15.0. The number of fused-ring (bicyclic) bond motifs is 1. The molecule has 1 aromatic carbocycles. The maximum Gasteiger partial charge on any atom is 0.125 e. The monoisotopic (exact) mass is 195 g/mol. The first-order valence-corrected chi connectivity index (χ1v) is 5.22. The predicted molar refractivity (Wildman–Crippen MR) is 55.5 cm³/mol. The van der Waals surface area contributed by atoms with Crippen molar-refractivity contribution >= 4 is 22.9 Å². The van der Waals surface area contributed by atoms with Crippen LogP contribution in [0.3, 0.4) is 0 Å². The van der Waals surface area contributed by atoms with Gasteiger partial charge in [-0.1, -0.05) is 0 Å². The molecule has 0 aliphatic heterocycles. The number of aryl methyl sites for hydroxylation is 1. The van der Waals surface area contributed by atoms with Gasteiger partial charge in [-0.2, -0.15) is 0 Å². The first-order valence-electron chi connectivity index (χ1n) is 4.04. The van der Waals surface area contributed by atoms with Crippen molar-refractivity contribution in [2.45, 2.75) is 6.92 Å². The van der Waals surface area contributed by atoms with Crippen molar-refractivity contribution in [2.24, 2.45) is 0 Å². The van der Waals surface area contributed by atoms with E-state index in [1.807, 2.05) is 29.4 Å². The van der Waals surface area contributed by atoms with Crippen LogP contribution in [0.5, 0.6) is 0 Å². The Balaban J connectivity index is 2.82. The summed E-state index contributed by atoms with van der Waals surface area (Å²) in [6, 6.07) is 5.15. The van der Waals surface area contributed by atoms with Crippen molar-refractivity contribution in [2.75, 3.05) is 6.26 Å². The average Bonchev–Trinajstić information content (AvgIpc) is 2.47. The van der Waals surface area contributed by atoms with Gasteiger partial charge in [0.1, 0.15) is 5.82 Å². The van der Waals surface area contributed by atoms with Crippen LogP contribution >= 0.6 is 11.9 Å². The molecule has 0 saturated carbocycles. The van der Waals surface area contributed by atoms with Gasteiger partial charge in [0.2, 0.25) is 0 Å². The van der Waals surface area contributed by atoms with Crippen LogP contribution in [0, 0.1) is 12.7 Å². The Hall–Kier alpha value is -0.960. The van der Waals surface area contributed by atoms with Gasteiger partial charge >= 0.3 is 0 Å². The van der Waals surface area contributed by atoms with Crippen molar-refractivity contribution in [1.82, 2.24) is 3.97 Å². The van der Waals surface area contributed by atoms with Crippen molar-refractivity contribution < 1.29 is 4.39 Å². The molecule has 3 heteroatoms. The molecule has 0 fully saturated rings. The van der Waals surface area contributed by atoms with E-state index in [2.05, 4.69) is 0 Å². The SMILES string of the molecule is CSn1ccc2c(C)cc(F)cc21. The van der Waals surface area contributed by atoms with Crippen LogP contribution in [-0.4, -0.2) is 10.2 Å². The molecule has 2 rings (SSSR count). The maximum atomic E-state index is 13.1. The molecule has 68 valence electrons. The lowest BCUT2D eigenvalue weighted by molar-refractivity contribution is 0.628. The molecular formula is C10H10FNS. The normalized spacial score (nSPS) is 11.0.